The van der Waals surface area contributed by atoms with E-state index in [0.29, 0.717) is 12.4 Å². The van der Waals surface area contributed by atoms with Gasteiger partial charge in [0.2, 0.25) is 5.69 Å². The zero-order chi connectivity index (χ0) is 13.8. The van der Waals surface area contributed by atoms with Crippen molar-refractivity contribution < 1.29 is 9.72 Å². The molecule has 19 heavy (non-hydrogen) atoms. The van der Waals surface area contributed by atoms with E-state index in [1.54, 1.807) is 25.1 Å². The summed E-state index contributed by atoms with van der Waals surface area (Å²) in [6.07, 6.45) is 2.74. The molecule has 1 amide bonds. The number of aryl methyl sites for hydroxylation is 1. The molecule has 0 saturated carbocycles. The number of anilines is 1. The molecule has 8 nitrogen and oxygen atoms in total. The molecule has 0 atom stereocenters. The Morgan fingerprint density at radius 2 is 2.32 bits per heavy atom. The van der Waals surface area contributed by atoms with Gasteiger partial charge in [0.15, 0.2) is 0 Å². The summed E-state index contributed by atoms with van der Waals surface area (Å²) in [5.41, 5.74) is -0.548. The lowest BCUT2D eigenvalue weighted by Gasteiger charge is -2.00. The van der Waals surface area contributed by atoms with Crippen molar-refractivity contribution in [2.24, 2.45) is 0 Å². The summed E-state index contributed by atoms with van der Waals surface area (Å²) in [6.45, 7) is 2.22. The Balaban J connectivity index is 2.28. The van der Waals surface area contributed by atoms with Gasteiger partial charge in [-0.15, -0.1) is 0 Å². The molecule has 0 unspecified atom stereocenters. The van der Waals surface area contributed by atoms with Crippen LogP contribution in [-0.4, -0.2) is 25.6 Å². The molecule has 8 heteroatoms. The number of amides is 1. The molecule has 2 aromatic rings. The normalized spacial score (nSPS) is 10.2. The van der Waals surface area contributed by atoms with E-state index in [0.717, 1.165) is 0 Å². The lowest BCUT2D eigenvalue weighted by molar-refractivity contribution is -0.385. The zero-order valence-corrected chi connectivity index (χ0v) is 10.1. The van der Waals surface area contributed by atoms with Gasteiger partial charge in [0.25, 0.3) is 5.91 Å². The van der Waals surface area contributed by atoms with E-state index < -0.39 is 10.8 Å². The fraction of sp³-hybridized carbons (Fsp3) is 0.182. The van der Waals surface area contributed by atoms with Gasteiger partial charge in [0.05, 0.1) is 4.92 Å². The third kappa shape index (κ3) is 2.73. The summed E-state index contributed by atoms with van der Waals surface area (Å²) in [6, 6.07) is 4.98. The number of carbonyl (C=O) groups excluding carboxylic acids is 1. The van der Waals surface area contributed by atoms with Crippen LogP contribution in [0.5, 0.6) is 0 Å². The van der Waals surface area contributed by atoms with Crippen molar-refractivity contribution >= 4 is 17.4 Å². The first-order chi connectivity index (χ1) is 9.11. The molecular formula is C11H11N5O3. The number of pyridine rings is 1. The van der Waals surface area contributed by atoms with E-state index in [4.69, 9.17) is 0 Å². The summed E-state index contributed by atoms with van der Waals surface area (Å²) in [5, 5.41) is 17.2. The first kappa shape index (κ1) is 12.7. The molecule has 0 saturated heterocycles. The monoisotopic (exact) mass is 261 g/mol. The standard InChI is InChI=1S/C11H11N5O3/c1-2-15-7-8(16(18)19)10(14-15)11(17)13-9-5-3-4-6-12-9/h3-7H,2H2,1H3,(H,12,13,17). The van der Waals surface area contributed by atoms with Gasteiger partial charge in [-0.1, -0.05) is 6.07 Å². The Morgan fingerprint density at radius 1 is 1.53 bits per heavy atom. The average Bonchev–Trinajstić information content (AvgIpc) is 2.84. The maximum absolute atomic E-state index is 11.9. The summed E-state index contributed by atoms with van der Waals surface area (Å²) >= 11 is 0. The van der Waals surface area contributed by atoms with E-state index in [2.05, 4.69) is 15.4 Å². The van der Waals surface area contributed by atoms with Crippen molar-refractivity contribution in [2.75, 3.05) is 5.32 Å². The predicted octanol–water partition coefficient (Wildman–Crippen LogP) is 1.46. The average molecular weight is 261 g/mol. The molecule has 0 bridgehead atoms. The molecule has 0 radical (unpaired) electrons. The maximum atomic E-state index is 11.9. The van der Waals surface area contributed by atoms with Crippen LogP contribution in [0.15, 0.2) is 30.6 Å². The van der Waals surface area contributed by atoms with E-state index >= 15 is 0 Å². The van der Waals surface area contributed by atoms with Gasteiger partial charge in [-0.3, -0.25) is 19.6 Å². The summed E-state index contributed by atoms with van der Waals surface area (Å²) in [5.74, 6) is -0.342. The molecule has 0 spiro atoms. The zero-order valence-electron chi connectivity index (χ0n) is 10.1. The van der Waals surface area contributed by atoms with Crippen LogP contribution in [0.1, 0.15) is 17.4 Å². The van der Waals surface area contributed by atoms with Crippen molar-refractivity contribution in [1.29, 1.82) is 0 Å². The van der Waals surface area contributed by atoms with E-state index in [1.165, 1.54) is 17.1 Å². The van der Waals surface area contributed by atoms with Crippen molar-refractivity contribution in [2.45, 2.75) is 13.5 Å². The lowest BCUT2D eigenvalue weighted by Crippen LogP contribution is -2.15. The van der Waals surface area contributed by atoms with Gasteiger partial charge in [0.1, 0.15) is 12.0 Å². The SMILES string of the molecule is CCn1cc([N+](=O)[O-])c(C(=O)Nc2ccccn2)n1. The van der Waals surface area contributed by atoms with Crippen LogP contribution in [0.4, 0.5) is 11.5 Å². The smallest absolute Gasteiger partial charge is 0.305 e. The van der Waals surface area contributed by atoms with Gasteiger partial charge in [0, 0.05) is 12.7 Å². The van der Waals surface area contributed by atoms with Crippen molar-refractivity contribution in [3.63, 3.8) is 0 Å². The summed E-state index contributed by atoms with van der Waals surface area (Å²) in [4.78, 5) is 26.1. The van der Waals surface area contributed by atoms with Crippen molar-refractivity contribution in [3.05, 3.63) is 46.4 Å². The highest BCUT2D eigenvalue weighted by Gasteiger charge is 2.25. The molecule has 0 aliphatic heterocycles. The largest absolute Gasteiger partial charge is 0.320 e. The minimum atomic E-state index is -0.655. The minimum Gasteiger partial charge on any atom is -0.305 e. The van der Waals surface area contributed by atoms with Crippen molar-refractivity contribution in [3.8, 4) is 0 Å². The Morgan fingerprint density at radius 3 is 2.89 bits per heavy atom. The Kier molecular flexibility index (Phi) is 3.51. The first-order valence-electron chi connectivity index (χ1n) is 5.56. The minimum absolute atomic E-state index is 0.225. The molecule has 0 fully saturated rings. The molecule has 2 rings (SSSR count). The quantitative estimate of drug-likeness (QED) is 0.662. The third-order valence-corrected chi connectivity index (χ3v) is 2.38. The number of rotatable bonds is 4. The number of hydrogen-bond acceptors (Lipinski definition) is 5. The van der Waals surface area contributed by atoms with Gasteiger partial charge < -0.3 is 5.32 Å². The Bertz CT molecular complexity index is 608. The second kappa shape index (κ2) is 5.25. The number of hydrogen-bond donors (Lipinski definition) is 1. The highest BCUT2D eigenvalue weighted by atomic mass is 16.6. The van der Waals surface area contributed by atoms with Crippen LogP contribution >= 0.6 is 0 Å². The van der Waals surface area contributed by atoms with Gasteiger partial charge >= 0.3 is 5.69 Å². The molecule has 1 N–H and O–H groups in total. The topological polar surface area (TPSA) is 103 Å². The van der Waals surface area contributed by atoms with E-state index in [-0.39, 0.29) is 11.4 Å². The van der Waals surface area contributed by atoms with E-state index in [9.17, 15) is 14.9 Å². The molecule has 2 heterocycles. The number of nitro groups is 1. The molecule has 0 aliphatic rings. The van der Waals surface area contributed by atoms with Gasteiger partial charge in [-0.25, -0.2) is 4.98 Å². The molecule has 0 aliphatic carbocycles. The highest BCUT2D eigenvalue weighted by Crippen LogP contribution is 2.17. The second-order valence-corrected chi connectivity index (χ2v) is 3.64. The van der Waals surface area contributed by atoms with Crippen LogP contribution < -0.4 is 5.32 Å². The van der Waals surface area contributed by atoms with Crippen LogP contribution in [0, 0.1) is 10.1 Å². The second-order valence-electron chi connectivity index (χ2n) is 3.64. The van der Waals surface area contributed by atoms with Gasteiger partial charge in [-0.05, 0) is 19.1 Å². The highest BCUT2D eigenvalue weighted by molar-refractivity contribution is 6.05. The summed E-state index contributed by atoms with van der Waals surface area (Å²) < 4.78 is 1.34. The number of carbonyl (C=O) groups is 1. The maximum Gasteiger partial charge on any atom is 0.320 e. The first-order valence-corrected chi connectivity index (χ1v) is 5.56. The third-order valence-electron chi connectivity index (χ3n) is 2.38. The molecule has 2 aromatic heterocycles. The van der Waals surface area contributed by atoms with Crippen LogP contribution in [0.3, 0.4) is 0 Å². The Hall–Kier alpha value is -2.77. The van der Waals surface area contributed by atoms with Crippen LogP contribution in [0.2, 0.25) is 0 Å². The molecular weight excluding hydrogens is 250 g/mol. The Labute approximate surface area is 108 Å². The van der Waals surface area contributed by atoms with Gasteiger partial charge in [-0.2, -0.15) is 5.10 Å². The fourth-order valence-electron chi connectivity index (χ4n) is 1.48. The number of nitrogens with zero attached hydrogens (tertiary/aromatic N) is 4. The molecule has 98 valence electrons. The van der Waals surface area contributed by atoms with Crippen LogP contribution in [-0.2, 0) is 6.54 Å². The number of nitrogens with one attached hydrogen (secondary N) is 1. The number of aromatic nitrogens is 3. The predicted molar refractivity (Wildman–Crippen MR) is 66.7 cm³/mol. The fourth-order valence-corrected chi connectivity index (χ4v) is 1.48. The van der Waals surface area contributed by atoms with Crippen molar-refractivity contribution in [1.82, 2.24) is 14.8 Å². The lowest BCUT2D eigenvalue weighted by atomic mass is 10.3. The van der Waals surface area contributed by atoms with Crippen LogP contribution in [0.25, 0.3) is 0 Å². The van der Waals surface area contributed by atoms with E-state index in [1.807, 2.05) is 0 Å². The molecule has 0 aromatic carbocycles. The summed E-state index contributed by atoms with van der Waals surface area (Å²) in [7, 11) is 0.